The van der Waals surface area contributed by atoms with Gasteiger partial charge in [-0.2, -0.15) is 0 Å². The quantitative estimate of drug-likeness (QED) is 0.0676. The fraction of sp³-hybridized carbons (Fsp3) is 1.00. The molecule has 4 rings (SSSR count). The van der Waals surface area contributed by atoms with Crippen molar-refractivity contribution in [2.75, 3.05) is 111 Å². The normalized spacial score (nSPS) is 41.7. The lowest BCUT2D eigenvalue weighted by atomic mass is 9.94. The Labute approximate surface area is 364 Å². The van der Waals surface area contributed by atoms with Gasteiger partial charge in [0.15, 0.2) is 25.2 Å². The van der Waals surface area contributed by atoms with Crippen LogP contribution in [0.15, 0.2) is 0 Å². The van der Waals surface area contributed by atoms with Gasteiger partial charge in [-0.1, -0.05) is 0 Å². The molecule has 0 aromatic heterocycles. The molecule has 4 N–H and O–H groups in total. The highest BCUT2D eigenvalue weighted by atomic mass is 16.8. The van der Waals surface area contributed by atoms with E-state index in [1.807, 2.05) is 0 Å². The summed E-state index contributed by atoms with van der Waals surface area (Å²) in [6, 6.07) is 0. The highest BCUT2D eigenvalue weighted by Gasteiger charge is 2.55. The molecular weight excluding hydrogens is 832 g/mol. The van der Waals surface area contributed by atoms with Crippen molar-refractivity contribution in [1.29, 1.82) is 0 Å². The van der Waals surface area contributed by atoms with Gasteiger partial charge in [0, 0.05) is 97.5 Å². The van der Waals surface area contributed by atoms with Crippen molar-refractivity contribution in [3.8, 4) is 0 Å². The maximum absolute atomic E-state index is 10.1. The fourth-order valence-corrected chi connectivity index (χ4v) is 9.04. The van der Waals surface area contributed by atoms with Gasteiger partial charge in [0.05, 0.1) is 37.6 Å². The number of rotatable bonds is 27. The van der Waals surface area contributed by atoms with E-state index >= 15 is 0 Å². The molecule has 4 heterocycles. The van der Waals surface area contributed by atoms with Gasteiger partial charge < -0.3 is 106 Å². The van der Waals surface area contributed by atoms with Crippen LogP contribution in [-0.4, -0.2) is 254 Å². The number of methoxy groups -OCH3 is 10. The minimum atomic E-state index is -1.01. The van der Waals surface area contributed by atoms with E-state index < -0.39 is 123 Å². The summed E-state index contributed by atoms with van der Waals surface area (Å²) in [5.41, 5.74) is 0. The van der Waals surface area contributed by atoms with Crippen molar-refractivity contribution < 1.29 is 106 Å². The van der Waals surface area contributed by atoms with E-state index in [-0.39, 0.29) is 65.3 Å². The topological polar surface area (TPSA) is 247 Å². The van der Waals surface area contributed by atoms with Crippen molar-refractivity contribution >= 4 is 0 Å². The molecule has 0 aromatic rings. The largest absolute Gasteiger partial charge is 0.396 e. The molecule has 10 unspecified atom stereocenters. The van der Waals surface area contributed by atoms with Gasteiger partial charge >= 0.3 is 0 Å². The Morgan fingerprint density at radius 1 is 0.290 bits per heavy atom. The van der Waals surface area contributed by atoms with Crippen molar-refractivity contribution in [1.82, 2.24) is 0 Å². The average molecular weight is 907 g/mol. The maximum atomic E-state index is 10.1. The minimum absolute atomic E-state index is 0.0120. The van der Waals surface area contributed by atoms with Gasteiger partial charge in [-0.15, -0.1) is 0 Å². The first-order valence-electron chi connectivity index (χ1n) is 21.0. The predicted octanol–water partition coefficient (Wildman–Crippen LogP) is -1.63. The first-order chi connectivity index (χ1) is 30.2. The minimum Gasteiger partial charge on any atom is -0.396 e. The Morgan fingerprint density at radius 3 is 0.774 bits per heavy atom. The first-order valence-corrected chi connectivity index (χ1v) is 21.0. The van der Waals surface area contributed by atoms with Crippen LogP contribution in [0.1, 0.15) is 25.7 Å². The van der Waals surface area contributed by atoms with Crippen molar-refractivity contribution in [3.63, 3.8) is 0 Å². The van der Waals surface area contributed by atoms with Crippen LogP contribution >= 0.6 is 0 Å². The molecule has 4 saturated heterocycles. The molecule has 0 saturated carbocycles. The number of hydrogen-bond acceptors (Lipinski definition) is 22. The van der Waals surface area contributed by atoms with Crippen LogP contribution in [-0.2, 0) is 85.3 Å². The Hall–Kier alpha value is -0.880. The predicted molar refractivity (Wildman–Crippen MR) is 211 cm³/mol. The van der Waals surface area contributed by atoms with Crippen LogP contribution in [0.25, 0.3) is 0 Å². The molecule has 4 aliphatic heterocycles. The third kappa shape index (κ3) is 12.6. The summed E-state index contributed by atoms with van der Waals surface area (Å²) in [5, 5.41) is 39.8. The van der Waals surface area contributed by atoms with E-state index in [2.05, 4.69) is 0 Å². The number of hydrogen-bond donors (Lipinski definition) is 4. The molecule has 4 fully saturated rings. The highest BCUT2D eigenvalue weighted by molar-refractivity contribution is 4.98. The molecule has 22 nitrogen and oxygen atoms in total. The third-order valence-electron chi connectivity index (χ3n) is 12.0. The van der Waals surface area contributed by atoms with Gasteiger partial charge in [0.2, 0.25) is 0 Å². The molecule has 0 aromatic carbocycles. The van der Waals surface area contributed by atoms with E-state index in [0.29, 0.717) is 0 Å². The van der Waals surface area contributed by atoms with Crippen LogP contribution < -0.4 is 0 Å². The zero-order valence-electron chi connectivity index (χ0n) is 37.8. The van der Waals surface area contributed by atoms with Crippen LogP contribution in [0.4, 0.5) is 0 Å². The lowest BCUT2D eigenvalue weighted by Gasteiger charge is -2.49. The summed E-state index contributed by atoms with van der Waals surface area (Å²) in [6.45, 7) is -0.825. The summed E-state index contributed by atoms with van der Waals surface area (Å²) in [6.07, 6.45) is -14.6. The summed E-state index contributed by atoms with van der Waals surface area (Å²) >= 11 is 0. The van der Waals surface area contributed by atoms with Crippen LogP contribution in [0.2, 0.25) is 0 Å². The molecule has 20 atom stereocenters. The zero-order valence-corrected chi connectivity index (χ0v) is 37.8. The second kappa shape index (κ2) is 27.7. The van der Waals surface area contributed by atoms with Crippen molar-refractivity contribution in [2.45, 2.75) is 149 Å². The van der Waals surface area contributed by atoms with E-state index in [1.54, 1.807) is 0 Å². The monoisotopic (exact) mass is 906 g/mol. The molecule has 62 heavy (non-hydrogen) atoms. The Bertz CT molecular complexity index is 1110. The third-order valence-corrected chi connectivity index (χ3v) is 12.0. The average Bonchev–Trinajstić information content (AvgIpc) is 3.28. The number of aliphatic hydroxyl groups is 4. The number of ether oxygens (including phenoxy) is 18. The van der Waals surface area contributed by atoms with E-state index in [9.17, 15) is 20.4 Å². The first kappa shape index (κ1) is 53.7. The van der Waals surface area contributed by atoms with Gasteiger partial charge in [-0.25, -0.2) is 0 Å². The fourth-order valence-electron chi connectivity index (χ4n) is 9.04. The molecule has 366 valence electrons. The van der Waals surface area contributed by atoms with E-state index in [1.165, 1.54) is 71.1 Å². The standard InChI is InChI=1S/C40H74O22/c1-45-25-21(11-15-41)59-39(35(53-9)29(25)47-3)61-27-23(13-17-43)57-37(33(51-7)31(27)49-5)55-19-20-56-38-34(52-8)32(50-6)28(24(58-38)14-18-44)62-40-36(54-10)30(48-4)26(46-2)22(60-40)12-16-42/h21-44H,11-20H2,1-10H3/t21?,22?,23?,24?,25-,26+,27-,28+,29-,30?,31-,32?,33?,34?,35?,36?,37-,38+,39-,40-/m1/s1. The maximum Gasteiger partial charge on any atom is 0.187 e. The second-order valence-electron chi connectivity index (χ2n) is 15.2. The molecule has 0 bridgehead atoms. The van der Waals surface area contributed by atoms with Crippen LogP contribution in [0.5, 0.6) is 0 Å². The van der Waals surface area contributed by atoms with Crippen LogP contribution in [0, 0.1) is 0 Å². The lowest BCUT2D eigenvalue weighted by molar-refractivity contribution is -0.370. The second-order valence-corrected chi connectivity index (χ2v) is 15.2. The van der Waals surface area contributed by atoms with Crippen molar-refractivity contribution in [3.05, 3.63) is 0 Å². The highest BCUT2D eigenvalue weighted by Crippen LogP contribution is 2.37. The molecule has 0 amide bonds. The summed E-state index contributed by atoms with van der Waals surface area (Å²) in [4.78, 5) is 0. The molecule has 22 heteroatoms. The smallest absolute Gasteiger partial charge is 0.187 e. The van der Waals surface area contributed by atoms with E-state index in [0.717, 1.165) is 0 Å². The van der Waals surface area contributed by atoms with Crippen molar-refractivity contribution in [2.24, 2.45) is 0 Å². The zero-order chi connectivity index (χ0) is 45.3. The molecule has 0 spiro atoms. The summed E-state index contributed by atoms with van der Waals surface area (Å²) in [5.74, 6) is 0. The number of aliphatic hydroxyl groups excluding tert-OH is 4. The summed E-state index contributed by atoms with van der Waals surface area (Å²) < 4.78 is 109. The Morgan fingerprint density at radius 2 is 0.516 bits per heavy atom. The molecule has 0 aliphatic carbocycles. The van der Waals surface area contributed by atoms with Gasteiger partial charge in [0.25, 0.3) is 0 Å². The molecular formula is C40H74O22. The van der Waals surface area contributed by atoms with Gasteiger partial charge in [0.1, 0.15) is 73.2 Å². The van der Waals surface area contributed by atoms with E-state index in [4.69, 9.17) is 85.3 Å². The Balaban J connectivity index is 1.45. The van der Waals surface area contributed by atoms with Crippen LogP contribution in [0.3, 0.4) is 0 Å². The lowest BCUT2D eigenvalue weighted by Crippen LogP contribution is -2.65. The van der Waals surface area contributed by atoms with Gasteiger partial charge in [-0.3, -0.25) is 0 Å². The molecule has 0 radical (unpaired) electrons. The molecule has 4 aliphatic rings. The Kier molecular flexibility index (Phi) is 24.0. The van der Waals surface area contributed by atoms with Gasteiger partial charge in [-0.05, 0) is 25.7 Å². The SMILES string of the molecule is COC1C(OC)[C@@H](OC)C(CCO)O[C@@H]1O[C@H]1C(CCO)O[C@H](OCCO[C@@H]2OC(CCO)[C@@H](O[C@H]3OC(CCO)[C@@H](OC)[C@@H](OC)C3OC)[C@@H](OC)C2OC)C(OC)C1OC. The summed E-state index contributed by atoms with van der Waals surface area (Å²) in [7, 11) is 15.1.